The summed E-state index contributed by atoms with van der Waals surface area (Å²) in [6.45, 7) is 2.97. The molecule has 0 fully saturated rings. The molecule has 8 heteroatoms. The smallest absolute Gasteiger partial charge is 0.272 e. The third-order valence-electron chi connectivity index (χ3n) is 3.14. The second kappa shape index (κ2) is 7.41. The van der Waals surface area contributed by atoms with Crippen molar-refractivity contribution in [1.82, 2.24) is 10.3 Å². The topological polar surface area (TPSA) is 84.5 Å². The van der Waals surface area contributed by atoms with Crippen LogP contribution in [0.25, 0.3) is 0 Å². The molecule has 2 N–H and O–H groups in total. The highest BCUT2D eigenvalue weighted by atomic mass is 32.2. The van der Waals surface area contributed by atoms with E-state index in [1.165, 1.54) is 24.3 Å². The first-order chi connectivity index (χ1) is 11.3. The molecule has 0 radical (unpaired) electrons. The lowest BCUT2D eigenvalue weighted by Gasteiger charge is -2.11. The Morgan fingerprint density at radius 2 is 1.88 bits per heavy atom. The van der Waals surface area contributed by atoms with Gasteiger partial charge in [-0.25, -0.2) is 12.8 Å². The zero-order chi connectivity index (χ0) is 17.7. The van der Waals surface area contributed by atoms with Crippen LogP contribution < -0.4 is 15.0 Å². The number of hydrazine groups is 1. The monoisotopic (exact) mass is 352 g/mol. The molecule has 2 aromatic carbocycles. The van der Waals surface area contributed by atoms with E-state index >= 15 is 0 Å². The van der Waals surface area contributed by atoms with Crippen LogP contribution in [-0.2, 0) is 14.8 Å². The van der Waals surface area contributed by atoms with Gasteiger partial charge in [0.15, 0.2) is 18.2 Å². The SMILES string of the molecule is Cc1ccc(S(=O)(=O)NNC(=O)COc2ccccc2F)c(C)c1. The van der Waals surface area contributed by atoms with Crippen LogP contribution in [0.2, 0.25) is 0 Å². The minimum Gasteiger partial charge on any atom is -0.481 e. The molecule has 0 aliphatic rings. The quantitative estimate of drug-likeness (QED) is 0.777. The number of benzene rings is 2. The van der Waals surface area contributed by atoms with Crippen LogP contribution in [0.3, 0.4) is 0 Å². The molecule has 0 aliphatic heterocycles. The molecule has 0 bridgehead atoms. The van der Waals surface area contributed by atoms with Gasteiger partial charge in [0.1, 0.15) is 0 Å². The number of para-hydroxylation sites is 1. The summed E-state index contributed by atoms with van der Waals surface area (Å²) in [5.74, 6) is -1.46. The third kappa shape index (κ3) is 4.53. The number of rotatable bonds is 6. The Kier molecular flexibility index (Phi) is 5.53. The van der Waals surface area contributed by atoms with E-state index in [1.807, 2.05) is 17.2 Å². The van der Waals surface area contributed by atoms with Crippen LogP contribution >= 0.6 is 0 Å². The van der Waals surface area contributed by atoms with Gasteiger partial charge in [0, 0.05) is 0 Å². The number of nitrogens with one attached hydrogen (secondary N) is 2. The average Bonchev–Trinajstić information content (AvgIpc) is 2.52. The first-order valence-electron chi connectivity index (χ1n) is 7.05. The van der Waals surface area contributed by atoms with Gasteiger partial charge in [-0.15, -0.1) is 4.83 Å². The standard InChI is InChI=1S/C16H17FN2O4S/c1-11-7-8-15(12(2)9-11)24(21,22)19-18-16(20)10-23-14-6-4-3-5-13(14)17/h3-9,19H,10H2,1-2H3,(H,18,20). The lowest BCUT2D eigenvalue weighted by molar-refractivity contribution is -0.123. The van der Waals surface area contributed by atoms with Gasteiger partial charge in [-0.05, 0) is 37.6 Å². The molecule has 128 valence electrons. The van der Waals surface area contributed by atoms with Crippen LogP contribution in [0.15, 0.2) is 47.4 Å². The van der Waals surface area contributed by atoms with Gasteiger partial charge >= 0.3 is 0 Å². The number of carbonyl (C=O) groups is 1. The van der Waals surface area contributed by atoms with E-state index in [0.717, 1.165) is 5.56 Å². The minimum atomic E-state index is -3.91. The van der Waals surface area contributed by atoms with Crippen molar-refractivity contribution in [1.29, 1.82) is 0 Å². The van der Waals surface area contributed by atoms with Gasteiger partial charge in [-0.2, -0.15) is 0 Å². The van der Waals surface area contributed by atoms with Crippen molar-refractivity contribution < 1.29 is 22.3 Å². The summed E-state index contributed by atoms with van der Waals surface area (Å²) in [6.07, 6.45) is 0. The average molecular weight is 352 g/mol. The number of hydrogen-bond acceptors (Lipinski definition) is 4. The normalized spacial score (nSPS) is 11.1. The molecule has 0 saturated heterocycles. The number of hydrogen-bond donors (Lipinski definition) is 2. The maximum absolute atomic E-state index is 13.3. The summed E-state index contributed by atoms with van der Waals surface area (Å²) in [6, 6.07) is 10.4. The number of carbonyl (C=O) groups excluding carboxylic acids is 1. The molecule has 6 nitrogen and oxygen atoms in total. The van der Waals surface area contributed by atoms with Crippen molar-refractivity contribution in [3.63, 3.8) is 0 Å². The molecular weight excluding hydrogens is 335 g/mol. The molecule has 0 unspecified atom stereocenters. The van der Waals surface area contributed by atoms with Gasteiger partial charge in [-0.1, -0.05) is 29.8 Å². The summed E-state index contributed by atoms with van der Waals surface area (Å²) in [5.41, 5.74) is 3.51. The van der Waals surface area contributed by atoms with E-state index in [9.17, 15) is 17.6 Å². The first kappa shape index (κ1) is 17.9. The van der Waals surface area contributed by atoms with Gasteiger partial charge in [0.05, 0.1) is 4.90 Å². The summed E-state index contributed by atoms with van der Waals surface area (Å²) >= 11 is 0. The minimum absolute atomic E-state index is 0.0587. The summed E-state index contributed by atoms with van der Waals surface area (Å²) < 4.78 is 42.7. The number of amides is 1. The lowest BCUT2D eigenvalue weighted by Crippen LogP contribution is -2.43. The number of sulfonamides is 1. The van der Waals surface area contributed by atoms with Crippen LogP contribution in [0.4, 0.5) is 4.39 Å². The Bertz CT molecular complexity index is 853. The van der Waals surface area contributed by atoms with E-state index < -0.39 is 28.4 Å². The van der Waals surface area contributed by atoms with Crippen molar-refractivity contribution in [3.05, 3.63) is 59.4 Å². The Balaban J connectivity index is 1.94. The molecular formula is C16H17FN2O4S. The fraction of sp³-hybridized carbons (Fsp3) is 0.188. The largest absolute Gasteiger partial charge is 0.481 e. The van der Waals surface area contributed by atoms with Crippen molar-refractivity contribution in [2.24, 2.45) is 0 Å². The fourth-order valence-corrected chi connectivity index (χ4v) is 3.11. The third-order valence-corrected chi connectivity index (χ3v) is 4.55. The Morgan fingerprint density at radius 3 is 2.54 bits per heavy atom. The summed E-state index contributed by atoms with van der Waals surface area (Å²) in [4.78, 5) is 13.7. The molecule has 0 spiro atoms. The second-order valence-electron chi connectivity index (χ2n) is 5.14. The van der Waals surface area contributed by atoms with Crippen molar-refractivity contribution >= 4 is 15.9 Å². The van der Waals surface area contributed by atoms with E-state index in [4.69, 9.17) is 4.74 Å². The highest BCUT2D eigenvalue weighted by Gasteiger charge is 2.17. The van der Waals surface area contributed by atoms with Gasteiger partial charge in [-0.3, -0.25) is 10.2 Å². The molecule has 1 amide bonds. The summed E-state index contributed by atoms with van der Waals surface area (Å²) in [7, 11) is -3.91. The predicted octanol–water partition coefficient (Wildman–Crippen LogP) is 1.83. The van der Waals surface area contributed by atoms with E-state index in [0.29, 0.717) is 5.56 Å². The van der Waals surface area contributed by atoms with Crippen LogP contribution in [-0.4, -0.2) is 20.9 Å². The molecule has 0 heterocycles. The highest BCUT2D eigenvalue weighted by molar-refractivity contribution is 7.89. The van der Waals surface area contributed by atoms with E-state index in [-0.39, 0.29) is 10.6 Å². The van der Waals surface area contributed by atoms with Crippen LogP contribution in [0, 0.1) is 19.7 Å². The van der Waals surface area contributed by atoms with Gasteiger partial charge in [0.25, 0.3) is 15.9 Å². The highest BCUT2D eigenvalue weighted by Crippen LogP contribution is 2.16. The molecule has 0 atom stereocenters. The van der Waals surface area contributed by atoms with Crippen molar-refractivity contribution in [3.8, 4) is 5.75 Å². The number of halogens is 1. The molecule has 0 aromatic heterocycles. The predicted molar refractivity (Wildman–Crippen MR) is 86.3 cm³/mol. The second-order valence-corrected chi connectivity index (χ2v) is 6.79. The van der Waals surface area contributed by atoms with E-state index in [1.54, 1.807) is 25.1 Å². The van der Waals surface area contributed by atoms with Crippen molar-refractivity contribution in [2.75, 3.05) is 6.61 Å². The molecule has 2 aromatic rings. The Morgan fingerprint density at radius 1 is 1.17 bits per heavy atom. The fourth-order valence-electron chi connectivity index (χ4n) is 2.02. The van der Waals surface area contributed by atoms with Crippen LogP contribution in [0.5, 0.6) is 5.75 Å². The zero-order valence-electron chi connectivity index (χ0n) is 13.2. The van der Waals surface area contributed by atoms with Gasteiger partial charge in [0.2, 0.25) is 0 Å². The van der Waals surface area contributed by atoms with Crippen molar-refractivity contribution in [2.45, 2.75) is 18.7 Å². The first-order valence-corrected chi connectivity index (χ1v) is 8.53. The zero-order valence-corrected chi connectivity index (χ0v) is 14.0. The molecule has 0 aliphatic carbocycles. The molecule has 2 rings (SSSR count). The van der Waals surface area contributed by atoms with Crippen LogP contribution in [0.1, 0.15) is 11.1 Å². The molecule has 24 heavy (non-hydrogen) atoms. The maximum Gasteiger partial charge on any atom is 0.272 e. The summed E-state index contributed by atoms with van der Waals surface area (Å²) in [5, 5.41) is 0. The maximum atomic E-state index is 13.3. The van der Waals surface area contributed by atoms with Gasteiger partial charge < -0.3 is 4.74 Å². The Hall–Kier alpha value is -2.45. The number of ether oxygens (including phenoxy) is 1. The molecule has 0 saturated carbocycles. The Labute approximate surface area is 139 Å². The number of aryl methyl sites for hydroxylation is 2. The lowest BCUT2D eigenvalue weighted by atomic mass is 10.2. The van der Waals surface area contributed by atoms with E-state index in [2.05, 4.69) is 0 Å².